The van der Waals surface area contributed by atoms with Crippen molar-refractivity contribution in [3.8, 4) is 11.5 Å². The van der Waals surface area contributed by atoms with E-state index in [-0.39, 0.29) is 11.7 Å². The molecule has 1 aromatic carbocycles. The molecular formula is C13H12N2O3. The number of hydrogen-bond donors (Lipinski definition) is 1. The van der Waals surface area contributed by atoms with Crippen LogP contribution in [0.2, 0.25) is 0 Å². The predicted molar refractivity (Wildman–Crippen MR) is 64.9 cm³/mol. The normalized spacial score (nSPS) is 17.5. The van der Waals surface area contributed by atoms with Gasteiger partial charge in [0, 0.05) is 11.8 Å². The van der Waals surface area contributed by atoms with Crippen LogP contribution in [0.25, 0.3) is 0 Å². The van der Waals surface area contributed by atoms with Gasteiger partial charge in [0.15, 0.2) is 23.4 Å². The zero-order valence-electron chi connectivity index (χ0n) is 9.84. The van der Waals surface area contributed by atoms with Crippen molar-refractivity contribution in [1.82, 2.24) is 9.97 Å². The maximum atomic E-state index is 11.4. The van der Waals surface area contributed by atoms with E-state index < -0.39 is 0 Å². The molecule has 0 bridgehead atoms. The number of para-hydroxylation sites is 2. The van der Waals surface area contributed by atoms with Crippen LogP contribution in [0.5, 0.6) is 11.5 Å². The maximum Gasteiger partial charge on any atom is 0.251 e. The summed E-state index contributed by atoms with van der Waals surface area (Å²) >= 11 is 0. The highest BCUT2D eigenvalue weighted by Gasteiger charge is 2.24. The number of aromatic amines is 1. The molecule has 0 fully saturated rings. The van der Waals surface area contributed by atoms with E-state index in [0.29, 0.717) is 29.6 Å². The Balaban J connectivity index is 1.94. The second kappa shape index (κ2) is 4.18. The summed E-state index contributed by atoms with van der Waals surface area (Å²) in [5.74, 6) is 1.87. The van der Waals surface area contributed by atoms with E-state index in [9.17, 15) is 4.79 Å². The van der Waals surface area contributed by atoms with Gasteiger partial charge in [-0.2, -0.15) is 0 Å². The summed E-state index contributed by atoms with van der Waals surface area (Å²) in [5, 5.41) is 0. The van der Waals surface area contributed by atoms with Crippen LogP contribution in [0.3, 0.4) is 0 Å². The van der Waals surface area contributed by atoms with Crippen molar-refractivity contribution in [2.45, 2.75) is 13.0 Å². The van der Waals surface area contributed by atoms with Crippen LogP contribution >= 0.6 is 0 Å². The molecule has 3 rings (SSSR count). The van der Waals surface area contributed by atoms with Gasteiger partial charge in [0.1, 0.15) is 6.61 Å². The molecule has 1 N–H and O–H groups in total. The summed E-state index contributed by atoms with van der Waals surface area (Å²) in [6, 6.07) is 8.88. The minimum Gasteiger partial charge on any atom is -0.485 e. The molecule has 0 saturated carbocycles. The Labute approximate surface area is 103 Å². The highest BCUT2D eigenvalue weighted by atomic mass is 16.6. The van der Waals surface area contributed by atoms with Gasteiger partial charge >= 0.3 is 0 Å². The van der Waals surface area contributed by atoms with Crippen molar-refractivity contribution in [1.29, 1.82) is 0 Å². The molecule has 2 aromatic rings. The largest absolute Gasteiger partial charge is 0.485 e. The number of aryl methyl sites for hydroxylation is 1. The van der Waals surface area contributed by atoms with Crippen molar-refractivity contribution in [3.63, 3.8) is 0 Å². The van der Waals surface area contributed by atoms with Gasteiger partial charge in [-0.15, -0.1) is 0 Å². The van der Waals surface area contributed by atoms with Gasteiger partial charge in [0.25, 0.3) is 5.56 Å². The minimum atomic E-state index is -0.382. The van der Waals surface area contributed by atoms with Gasteiger partial charge < -0.3 is 14.5 Å². The van der Waals surface area contributed by atoms with Crippen LogP contribution in [0.1, 0.15) is 17.6 Å². The van der Waals surface area contributed by atoms with Crippen LogP contribution in [0.4, 0.5) is 0 Å². The average molecular weight is 244 g/mol. The number of nitrogens with one attached hydrogen (secondary N) is 1. The Kier molecular flexibility index (Phi) is 2.51. The Morgan fingerprint density at radius 3 is 2.89 bits per heavy atom. The Hall–Kier alpha value is -2.30. The van der Waals surface area contributed by atoms with Gasteiger partial charge in [-0.25, -0.2) is 4.98 Å². The zero-order valence-corrected chi connectivity index (χ0v) is 9.84. The molecular weight excluding hydrogens is 232 g/mol. The van der Waals surface area contributed by atoms with Gasteiger partial charge in [0.2, 0.25) is 0 Å². The van der Waals surface area contributed by atoms with E-state index in [2.05, 4.69) is 9.97 Å². The van der Waals surface area contributed by atoms with Crippen molar-refractivity contribution in [2.24, 2.45) is 0 Å². The van der Waals surface area contributed by atoms with Crippen molar-refractivity contribution in [3.05, 3.63) is 52.2 Å². The van der Waals surface area contributed by atoms with Gasteiger partial charge in [-0.1, -0.05) is 12.1 Å². The number of ether oxygens (including phenoxy) is 2. The minimum absolute atomic E-state index is 0.181. The van der Waals surface area contributed by atoms with Crippen LogP contribution in [0, 0.1) is 6.92 Å². The number of H-pyrrole nitrogens is 1. The quantitative estimate of drug-likeness (QED) is 0.827. The van der Waals surface area contributed by atoms with E-state index in [1.807, 2.05) is 24.3 Å². The summed E-state index contributed by atoms with van der Waals surface area (Å²) in [7, 11) is 0. The molecule has 5 heteroatoms. The molecule has 0 saturated heterocycles. The van der Waals surface area contributed by atoms with Gasteiger partial charge in [-0.3, -0.25) is 4.79 Å². The standard InChI is InChI=1S/C13H12N2O3/c1-8-6-12(16)15-13(14-8)11-7-17-9-4-2-3-5-10(9)18-11/h2-6,11H,7H2,1H3,(H,14,15,16). The Morgan fingerprint density at radius 1 is 1.33 bits per heavy atom. The summed E-state index contributed by atoms with van der Waals surface area (Å²) in [6.45, 7) is 2.11. The lowest BCUT2D eigenvalue weighted by molar-refractivity contribution is 0.0847. The molecule has 0 spiro atoms. The van der Waals surface area contributed by atoms with Crippen LogP contribution < -0.4 is 15.0 Å². The SMILES string of the molecule is Cc1cc(=O)[nH]c(C2COc3ccccc3O2)n1. The molecule has 92 valence electrons. The van der Waals surface area contributed by atoms with Crippen LogP contribution in [-0.4, -0.2) is 16.6 Å². The maximum absolute atomic E-state index is 11.4. The first kappa shape index (κ1) is 10.8. The summed E-state index contributed by atoms with van der Waals surface area (Å²) in [6.07, 6.45) is -0.382. The van der Waals surface area contributed by atoms with Crippen molar-refractivity contribution < 1.29 is 9.47 Å². The third-order valence-electron chi connectivity index (χ3n) is 2.70. The first-order chi connectivity index (χ1) is 8.72. The molecule has 1 unspecified atom stereocenters. The molecule has 18 heavy (non-hydrogen) atoms. The van der Waals surface area contributed by atoms with E-state index in [4.69, 9.17) is 9.47 Å². The lowest BCUT2D eigenvalue weighted by Gasteiger charge is -2.25. The second-order valence-electron chi connectivity index (χ2n) is 4.14. The fraction of sp³-hybridized carbons (Fsp3) is 0.231. The van der Waals surface area contributed by atoms with Gasteiger partial charge in [0.05, 0.1) is 0 Å². The fourth-order valence-electron chi connectivity index (χ4n) is 1.91. The first-order valence-corrected chi connectivity index (χ1v) is 5.69. The van der Waals surface area contributed by atoms with E-state index >= 15 is 0 Å². The monoisotopic (exact) mass is 244 g/mol. The first-order valence-electron chi connectivity index (χ1n) is 5.69. The number of nitrogens with zero attached hydrogens (tertiary/aromatic N) is 1. The number of hydrogen-bond acceptors (Lipinski definition) is 4. The lowest BCUT2D eigenvalue weighted by Crippen LogP contribution is -2.26. The molecule has 5 nitrogen and oxygen atoms in total. The number of benzene rings is 1. The number of aromatic nitrogens is 2. The van der Waals surface area contributed by atoms with E-state index in [0.717, 1.165) is 0 Å². The second-order valence-corrected chi connectivity index (χ2v) is 4.14. The van der Waals surface area contributed by atoms with Crippen molar-refractivity contribution >= 4 is 0 Å². The van der Waals surface area contributed by atoms with E-state index in [1.165, 1.54) is 6.07 Å². The average Bonchev–Trinajstić information content (AvgIpc) is 2.37. The fourth-order valence-corrected chi connectivity index (χ4v) is 1.91. The third-order valence-corrected chi connectivity index (χ3v) is 2.70. The molecule has 2 heterocycles. The highest BCUT2D eigenvalue weighted by molar-refractivity contribution is 5.40. The Bertz CT molecular complexity index is 636. The molecule has 1 atom stereocenters. The zero-order chi connectivity index (χ0) is 12.5. The number of fused-ring (bicyclic) bond motifs is 1. The summed E-state index contributed by atoms with van der Waals surface area (Å²) in [5.41, 5.74) is 0.483. The molecule has 1 aliphatic heterocycles. The number of rotatable bonds is 1. The molecule has 0 amide bonds. The lowest BCUT2D eigenvalue weighted by atomic mass is 10.2. The van der Waals surface area contributed by atoms with Crippen molar-refractivity contribution in [2.75, 3.05) is 6.61 Å². The van der Waals surface area contributed by atoms with E-state index in [1.54, 1.807) is 6.92 Å². The van der Waals surface area contributed by atoms with Gasteiger partial charge in [-0.05, 0) is 19.1 Å². The third kappa shape index (κ3) is 1.95. The highest BCUT2D eigenvalue weighted by Crippen LogP contribution is 2.34. The molecule has 0 aliphatic carbocycles. The summed E-state index contributed by atoms with van der Waals surface area (Å²) < 4.78 is 11.4. The topological polar surface area (TPSA) is 64.2 Å². The summed E-state index contributed by atoms with van der Waals surface area (Å²) in [4.78, 5) is 18.4. The smallest absolute Gasteiger partial charge is 0.251 e. The molecule has 0 radical (unpaired) electrons. The Morgan fingerprint density at radius 2 is 2.11 bits per heavy atom. The van der Waals surface area contributed by atoms with Crippen LogP contribution in [0.15, 0.2) is 35.1 Å². The molecule has 1 aromatic heterocycles. The van der Waals surface area contributed by atoms with Crippen LogP contribution in [-0.2, 0) is 0 Å². The molecule has 1 aliphatic rings. The predicted octanol–water partition coefficient (Wildman–Crippen LogP) is 1.59.